The monoisotopic (exact) mass is 299 g/mol. The molecule has 0 N–H and O–H groups in total. The second-order valence-electron chi connectivity index (χ2n) is 2.92. The van der Waals surface area contributed by atoms with Crippen molar-refractivity contribution in [3.63, 3.8) is 0 Å². The van der Waals surface area contributed by atoms with Gasteiger partial charge in [-0.25, -0.2) is 0 Å². The third-order valence-electron chi connectivity index (χ3n) is 2.14. The molecule has 0 unspecified atom stereocenters. The Morgan fingerprint density at radius 3 is 2.93 bits per heavy atom. The highest BCUT2D eigenvalue weighted by atomic mass is 127. The summed E-state index contributed by atoms with van der Waals surface area (Å²) < 4.78 is 9.23. The predicted octanol–water partition coefficient (Wildman–Crippen LogP) is 3.51. The Hall–Kier alpha value is -0.970. The summed E-state index contributed by atoms with van der Waals surface area (Å²) in [4.78, 5) is 0. The van der Waals surface area contributed by atoms with E-state index in [1.165, 1.54) is 10.9 Å². The van der Waals surface area contributed by atoms with Gasteiger partial charge in [-0.05, 0) is 28.3 Å². The third-order valence-corrected chi connectivity index (χ3v) is 2.47. The largest absolute Gasteiger partial charge is 0.497 e. The molecule has 1 aromatic carbocycles. The summed E-state index contributed by atoms with van der Waals surface area (Å²) in [5.74, 6) is 0.897. The number of hydrogen-bond donors (Lipinski definition) is 0. The number of methoxy groups -OCH3 is 1. The molecule has 2 nitrogen and oxygen atoms in total. The van der Waals surface area contributed by atoms with Crippen molar-refractivity contribution >= 4 is 39.7 Å². The van der Waals surface area contributed by atoms with Gasteiger partial charge in [0, 0.05) is 17.8 Å². The highest BCUT2D eigenvalue weighted by molar-refractivity contribution is 14.1. The zero-order valence-corrected chi connectivity index (χ0v) is 9.93. The maximum atomic E-state index is 5.16. The van der Waals surface area contributed by atoms with E-state index in [0.29, 0.717) is 0 Å². The van der Waals surface area contributed by atoms with E-state index in [0.717, 1.165) is 5.75 Å². The molecule has 0 fully saturated rings. The molecule has 0 radical (unpaired) electrons. The summed E-state index contributed by atoms with van der Waals surface area (Å²) in [7, 11) is 1.68. The smallest absolute Gasteiger partial charge is 0.119 e. The number of halogens is 1. The van der Waals surface area contributed by atoms with Gasteiger partial charge in [0.25, 0.3) is 0 Å². The van der Waals surface area contributed by atoms with E-state index < -0.39 is 0 Å². The van der Waals surface area contributed by atoms with Crippen LogP contribution in [-0.2, 0) is 0 Å². The first-order valence-electron chi connectivity index (χ1n) is 4.26. The molecule has 14 heavy (non-hydrogen) atoms. The summed E-state index contributed by atoms with van der Waals surface area (Å²) in [5.41, 5.74) is 1.19. The molecule has 2 aromatic rings. The second-order valence-corrected chi connectivity index (χ2v) is 3.64. The Balaban J connectivity index is 2.59. The van der Waals surface area contributed by atoms with Gasteiger partial charge in [-0.3, -0.25) is 0 Å². The van der Waals surface area contributed by atoms with Crippen LogP contribution in [0.3, 0.4) is 0 Å². The van der Waals surface area contributed by atoms with Gasteiger partial charge in [0.15, 0.2) is 0 Å². The van der Waals surface area contributed by atoms with Gasteiger partial charge >= 0.3 is 0 Å². The van der Waals surface area contributed by atoms with E-state index >= 15 is 0 Å². The van der Waals surface area contributed by atoms with Gasteiger partial charge < -0.3 is 9.30 Å². The van der Waals surface area contributed by atoms with Crippen molar-refractivity contribution in [2.75, 3.05) is 7.11 Å². The molecule has 0 aliphatic heterocycles. The van der Waals surface area contributed by atoms with Gasteiger partial charge in [0.2, 0.25) is 0 Å². The van der Waals surface area contributed by atoms with Crippen molar-refractivity contribution in [1.82, 2.24) is 4.57 Å². The van der Waals surface area contributed by atoms with Crippen LogP contribution in [0.15, 0.2) is 34.5 Å². The van der Waals surface area contributed by atoms with Gasteiger partial charge in [-0.2, -0.15) is 0 Å². The number of aromatic nitrogens is 1. The summed E-state index contributed by atoms with van der Waals surface area (Å²) in [6.07, 6.45) is 4.06. The molecule has 2 rings (SSSR count). The lowest BCUT2D eigenvalue weighted by Crippen LogP contribution is -1.84. The number of benzene rings is 1. The highest BCUT2D eigenvalue weighted by Crippen LogP contribution is 2.21. The van der Waals surface area contributed by atoms with Gasteiger partial charge in [-0.15, -0.1) is 0 Å². The minimum Gasteiger partial charge on any atom is -0.497 e. The minimum atomic E-state index is 0.897. The third kappa shape index (κ3) is 1.64. The lowest BCUT2D eigenvalue weighted by Gasteiger charge is -2.00. The summed E-state index contributed by atoms with van der Waals surface area (Å²) in [6, 6.07) is 8.14. The van der Waals surface area contributed by atoms with E-state index in [1.807, 2.05) is 28.6 Å². The Bertz CT molecular complexity index is 473. The van der Waals surface area contributed by atoms with Crippen molar-refractivity contribution in [3.05, 3.63) is 34.5 Å². The molecular weight excluding hydrogens is 289 g/mol. The van der Waals surface area contributed by atoms with Crippen molar-refractivity contribution in [2.45, 2.75) is 0 Å². The van der Waals surface area contributed by atoms with Crippen LogP contribution in [0.25, 0.3) is 17.1 Å². The standard InChI is InChI=1S/C11H10INO/c1-14-10-2-3-11-9(8-10)4-6-13(11)7-5-12/h2-8H,1H3/b7-5+. The number of rotatable bonds is 2. The van der Waals surface area contributed by atoms with E-state index in [4.69, 9.17) is 4.74 Å². The molecule has 0 atom stereocenters. The topological polar surface area (TPSA) is 14.2 Å². The average Bonchev–Trinajstić information content (AvgIpc) is 2.61. The quantitative estimate of drug-likeness (QED) is 0.774. The molecule has 0 aliphatic rings. The Morgan fingerprint density at radius 2 is 2.21 bits per heavy atom. The van der Waals surface area contributed by atoms with Crippen LogP contribution in [0.5, 0.6) is 5.75 Å². The SMILES string of the molecule is COc1ccc2c(ccn2/C=C/I)c1. The molecule has 1 heterocycles. The van der Waals surface area contributed by atoms with Crippen LogP contribution in [0.4, 0.5) is 0 Å². The van der Waals surface area contributed by atoms with E-state index in [1.54, 1.807) is 7.11 Å². The molecule has 0 bridgehead atoms. The Kier molecular flexibility index (Phi) is 2.77. The molecule has 0 amide bonds. The Morgan fingerprint density at radius 1 is 1.36 bits per heavy atom. The second kappa shape index (κ2) is 4.04. The molecule has 3 heteroatoms. The van der Waals surface area contributed by atoms with Crippen molar-refractivity contribution in [2.24, 2.45) is 0 Å². The fraction of sp³-hybridized carbons (Fsp3) is 0.0909. The number of ether oxygens (including phenoxy) is 1. The predicted molar refractivity (Wildman–Crippen MR) is 67.8 cm³/mol. The number of hydrogen-bond acceptors (Lipinski definition) is 1. The number of fused-ring (bicyclic) bond motifs is 1. The van der Waals surface area contributed by atoms with Gasteiger partial charge in [-0.1, -0.05) is 22.6 Å². The number of nitrogens with zero attached hydrogens (tertiary/aromatic N) is 1. The average molecular weight is 299 g/mol. The summed E-state index contributed by atoms with van der Waals surface area (Å²) in [6.45, 7) is 0. The van der Waals surface area contributed by atoms with Crippen LogP contribution in [0, 0.1) is 0 Å². The highest BCUT2D eigenvalue weighted by Gasteiger charge is 1.99. The van der Waals surface area contributed by atoms with Crippen LogP contribution in [0.1, 0.15) is 0 Å². The van der Waals surface area contributed by atoms with E-state index in [9.17, 15) is 0 Å². The van der Waals surface area contributed by atoms with E-state index in [-0.39, 0.29) is 0 Å². The molecule has 0 spiro atoms. The summed E-state index contributed by atoms with van der Waals surface area (Å²) in [5, 5.41) is 1.19. The first kappa shape index (κ1) is 9.58. The van der Waals surface area contributed by atoms with E-state index in [2.05, 4.69) is 39.3 Å². The molecule has 0 aliphatic carbocycles. The molecule has 1 aromatic heterocycles. The molecular formula is C11H10INO. The zero-order valence-electron chi connectivity index (χ0n) is 7.77. The fourth-order valence-electron chi connectivity index (χ4n) is 1.46. The Labute approximate surface area is 96.3 Å². The lowest BCUT2D eigenvalue weighted by atomic mass is 10.2. The van der Waals surface area contributed by atoms with Gasteiger partial charge in [0.05, 0.1) is 12.6 Å². The van der Waals surface area contributed by atoms with Crippen LogP contribution < -0.4 is 4.74 Å². The molecule has 0 saturated carbocycles. The maximum Gasteiger partial charge on any atom is 0.119 e. The van der Waals surface area contributed by atoms with Crippen LogP contribution in [-0.4, -0.2) is 11.7 Å². The lowest BCUT2D eigenvalue weighted by molar-refractivity contribution is 0.415. The van der Waals surface area contributed by atoms with Gasteiger partial charge in [0.1, 0.15) is 5.75 Å². The van der Waals surface area contributed by atoms with Crippen LogP contribution >= 0.6 is 22.6 Å². The molecule has 0 saturated heterocycles. The zero-order chi connectivity index (χ0) is 9.97. The van der Waals surface area contributed by atoms with Crippen LogP contribution in [0.2, 0.25) is 0 Å². The first-order chi connectivity index (χ1) is 6.85. The van der Waals surface area contributed by atoms with Crippen molar-refractivity contribution in [3.8, 4) is 5.75 Å². The fourth-order valence-corrected chi connectivity index (χ4v) is 1.81. The minimum absolute atomic E-state index is 0.897. The molecule has 72 valence electrons. The first-order valence-corrected chi connectivity index (χ1v) is 5.51. The summed E-state index contributed by atoms with van der Waals surface area (Å²) >= 11 is 2.21. The maximum absolute atomic E-state index is 5.16. The van der Waals surface area contributed by atoms with Crippen molar-refractivity contribution < 1.29 is 4.74 Å². The van der Waals surface area contributed by atoms with Crippen molar-refractivity contribution in [1.29, 1.82) is 0 Å². The normalized spacial score (nSPS) is 11.3.